The van der Waals surface area contributed by atoms with Crippen molar-refractivity contribution in [1.82, 2.24) is 14.5 Å². The largest absolute Gasteiger partial charge is 0.477 e. The third-order valence-corrected chi connectivity index (χ3v) is 6.17. The first kappa shape index (κ1) is 22.7. The van der Waals surface area contributed by atoms with E-state index in [1.54, 1.807) is 6.07 Å². The highest BCUT2D eigenvalue weighted by Gasteiger charge is 2.26. The smallest absolute Gasteiger partial charge is 0.353 e. The zero-order valence-corrected chi connectivity index (χ0v) is 18.8. The van der Waals surface area contributed by atoms with Gasteiger partial charge in [0.05, 0.1) is 17.6 Å². The van der Waals surface area contributed by atoms with Crippen LogP contribution >= 0.6 is 11.6 Å². The number of aromatic nitrogens is 3. The maximum Gasteiger partial charge on any atom is 0.353 e. The molecule has 2 aromatic carbocycles. The summed E-state index contributed by atoms with van der Waals surface area (Å²) in [6, 6.07) is 9.03. The Kier molecular flexibility index (Phi) is 5.36. The fraction of sp³-hybridized carbons (Fsp3) is 0.0800. The normalized spacial score (nSPS) is 11.5. The lowest BCUT2D eigenvalue weighted by molar-refractivity contribution is 0.0687. The number of aromatic carboxylic acids is 1. The van der Waals surface area contributed by atoms with Gasteiger partial charge >= 0.3 is 5.97 Å². The topological polar surface area (TPSA) is 88.0 Å². The lowest BCUT2D eigenvalue weighted by Crippen LogP contribution is -2.14. The van der Waals surface area contributed by atoms with E-state index in [-0.39, 0.29) is 50.5 Å². The fourth-order valence-corrected chi connectivity index (χ4v) is 4.43. The first-order chi connectivity index (χ1) is 16.7. The summed E-state index contributed by atoms with van der Waals surface area (Å²) in [7, 11) is 0. The van der Waals surface area contributed by atoms with Crippen LogP contribution in [0.2, 0.25) is 5.15 Å². The van der Waals surface area contributed by atoms with Crippen molar-refractivity contribution in [2.45, 2.75) is 13.5 Å². The molecule has 3 aromatic heterocycles. The van der Waals surface area contributed by atoms with Gasteiger partial charge < -0.3 is 14.7 Å². The van der Waals surface area contributed by atoms with E-state index >= 15 is 0 Å². The Labute approximate surface area is 200 Å². The molecule has 5 aromatic rings. The van der Waals surface area contributed by atoms with Crippen molar-refractivity contribution in [3.63, 3.8) is 0 Å². The standard InChI is InChI=1S/C25H15ClF3N3O3/c1-11-5-15-20(9-16(11)27)32(22(25(34)35)21(15)14-3-2-4-30-24(14)33)10-13-6-12-7-17(28)18(29)8-19(12)31-23(13)26/h2-9H,10H2,1H3,(H,30,33)(H,34,35). The lowest BCUT2D eigenvalue weighted by Gasteiger charge is -2.12. The number of nitrogens with zero attached hydrogens (tertiary/aromatic N) is 2. The van der Waals surface area contributed by atoms with E-state index in [1.165, 1.54) is 42.0 Å². The summed E-state index contributed by atoms with van der Waals surface area (Å²) in [6.45, 7) is 1.34. The zero-order chi connectivity index (χ0) is 25.0. The van der Waals surface area contributed by atoms with E-state index < -0.39 is 29.0 Å². The van der Waals surface area contributed by atoms with Crippen LogP contribution in [0.5, 0.6) is 0 Å². The molecule has 0 radical (unpaired) electrons. The minimum absolute atomic E-state index is 0.0617. The highest BCUT2D eigenvalue weighted by atomic mass is 35.5. The molecule has 0 atom stereocenters. The molecule has 0 amide bonds. The Morgan fingerprint density at radius 1 is 1.11 bits per heavy atom. The number of carboxylic acid groups (broad SMARTS) is 1. The Balaban J connectivity index is 1.82. The van der Waals surface area contributed by atoms with Crippen LogP contribution in [0.1, 0.15) is 21.6 Å². The van der Waals surface area contributed by atoms with Crippen LogP contribution in [0, 0.1) is 24.4 Å². The maximum atomic E-state index is 14.6. The molecule has 0 fully saturated rings. The van der Waals surface area contributed by atoms with E-state index in [1.807, 2.05) is 0 Å². The SMILES string of the molecule is Cc1cc2c(-c3ccc[nH]c3=O)c(C(=O)O)n(Cc3cc4cc(F)c(F)cc4nc3Cl)c2cc1F. The second kappa shape index (κ2) is 8.28. The van der Waals surface area contributed by atoms with Gasteiger partial charge in [-0.15, -0.1) is 0 Å². The van der Waals surface area contributed by atoms with E-state index in [2.05, 4.69) is 9.97 Å². The summed E-state index contributed by atoms with van der Waals surface area (Å²) in [5.41, 5.74) is 0.330. The molecule has 176 valence electrons. The lowest BCUT2D eigenvalue weighted by atomic mass is 10.0. The van der Waals surface area contributed by atoms with Crippen molar-refractivity contribution in [3.05, 3.63) is 98.4 Å². The Hall–Kier alpha value is -4.11. The van der Waals surface area contributed by atoms with Crippen molar-refractivity contribution in [2.75, 3.05) is 0 Å². The zero-order valence-electron chi connectivity index (χ0n) is 18.0. The maximum absolute atomic E-state index is 14.6. The monoisotopic (exact) mass is 497 g/mol. The number of H-pyrrole nitrogens is 1. The Morgan fingerprint density at radius 3 is 2.57 bits per heavy atom. The highest BCUT2D eigenvalue weighted by Crippen LogP contribution is 2.36. The molecule has 0 spiro atoms. The van der Waals surface area contributed by atoms with Gasteiger partial charge in [0.25, 0.3) is 5.56 Å². The second-order valence-electron chi connectivity index (χ2n) is 8.04. The number of pyridine rings is 2. The third-order valence-electron chi connectivity index (χ3n) is 5.85. The van der Waals surface area contributed by atoms with E-state index in [0.717, 1.165) is 12.1 Å². The first-order valence-corrected chi connectivity index (χ1v) is 10.7. The molecule has 0 aliphatic carbocycles. The van der Waals surface area contributed by atoms with Gasteiger partial charge in [0.15, 0.2) is 11.6 Å². The van der Waals surface area contributed by atoms with Crippen molar-refractivity contribution in [1.29, 1.82) is 0 Å². The van der Waals surface area contributed by atoms with Gasteiger partial charge in [-0.25, -0.2) is 22.9 Å². The summed E-state index contributed by atoms with van der Waals surface area (Å²) >= 11 is 6.32. The molecule has 2 N–H and O–H groups in total. The molecule has 0 bridgehead atoms. The number of fused-ring (bicyclic) bond motifs is 2. The molecule has 10 heteroatoms. The molecule has 3 heterocycles. The van der Waals surface area contributed by atoms with Crippen molar-refractivity contribution < 1.29 is 23.1 Å². The summed E-state index contributed by atoms with van der Waals surface area (Å²) in [5.74, 6) is -4.08. The second-order valence-corrected chi connectivity index (χ2v) is 8.40. The molecule has 0 unspecified atom stereocenters. The number of aromatic amines is 1. The number of benzene rings is 2. The highest BCUT2D eigenvalue weighted by molar-refractivity contribution is 6.30. The van der Waals surface area contributed by atoms with Crippen LogP contribution in [0.3, 0.4) is 0 Å². The minimum Gasteiger partial charge on any atom is -0.477 e. The van der Waals surface area contributed by atoms with Crippen LogP contribution in [-0.2, 0) is 6.54 Å². The molecule has 0 aliphatic heterocycles. The number of carboxylic acids is 1. The van der Waals surface area contributed by atoms with Crippen LogP contribution < -0.4 is 5.56 Å². The predicted molar refractivity (Wildman–Crippen MR) is 125 cm³/mol. The molecular formula is C25H15ClF3N3O3. The van der Waals surface area contributed by atoms with Crippen molar-refractivity contribution in [3.8, 4) is 11.1 Å². The van der Waals surface area contributed by atoms with Gasteiger partial charge in [-0.05, 0) is 48.9 Å². The number of nitrogens with one attached hydrogen (secondary N) is 1. The van der Waals surface area contributed by atoms with Crippen LogP contribution in [0.25, 0.3) is 32.9 Å². The van der Waals surface area contributed by atoms with E-state index in [0.29, 0.717) is 10.9 Å². The number of hydrogen-bond acceptors (Lipinski definition) is 3. The van der Waals surface area contributed by atoms with Crippen molar-refractivity contribution in [2.24, 2.45) is 0 Å². The fourth-order valence-electron chi connectivity index (χ4n) is 4.23. The average molecular weight is 498 g/mol. The molecular weight excluding hydrogens is 483 g/mol. The first-order valence-electron chi connectivity index (χ1n) is 10.3. The quantitative estimate of drug-likeness (QED) is 0.313. The molecule has 6 nitrogen and oxygen atoms in total. The van der Waals surface area contributed by atoms with Gasteiger partial charge in [0, 0.05) is 39.7 Å². The van der Waals surface area contributed by atoms with Crippen LogP contribution in [0.15, 0.2) is 53.5 Å². The number of rotatable bonds is 4. The molecule has 0 saturated carbocycles. The molecule has 5 rings (SSSR count). The predicted octanol–water partition coefficient (Wildman–Crippen LogP) is 5.67. The van der Waals surface area contributed by atoms with Crippen LogP contribution in [0.4, 0.5) is 13.2 Å². The van der Waals surface area contributed by atoms with Gasteiger partial charge in [-0.3, -0.25) is 4.79 Å². The van der Waals surface area contributed by atoms with Gasteiger partial charge in [-0.1, -0.05) is 11.6 Å². The Bertz CT molecular complexity index is 1740. The van der Waals surface area contributed by atoms with E-state index in [4.69, 9.17) is 11.6 Å². The van der Waals surface area contributed by atoms with E-state index in [9.17, 15) is 27.9 Å². The third kappa shape index (κ3) is 3.74. The molecule has 35 heavy (non-hydrogen) atoms. The van der Waals surface area contributed by atoms with Crippen LogP contribution in [-0.4, -0.2) is 25.6 Å². The summed E-state index contributed by atoms with van der Waals surface area (Å²) < 4.78 is 43.4. The molecule has 0 aliphatic rings. The summed E-state index contributed by atoms with van der Waals surface area (Å²) in [5, 5.41) is 10.7. The number of halogens is 4. The number of carbonyl (C=O) groups is 1. The molecule has 0 saturated heterocycles. The Morgan fingerprint density at radius 2 is 1.86 bits per heavy atom. The number of aryl methyl sites for hydroxylation is 1. The summed E-state index contributed by atoms with van der Waals surface area (Å²) in [6.07, 6.45) is 1.42. The van der Waals surface area contributed by atoms with Gasteiger partial charge in [0.2, 0.25) is 0 Å². The van der Waals surface area contributed by atoms with Crippen molar-refractivity contribution >= 4 is 39.4 Å². The van der Waals surface area contributed by atoms with Gasteiger partial charge in [0.1, 0.15) is 16.7 Å². The summed E-state index contributed by atoms with van der Waals surface area (Å²) in [4.78, 5) is 31.7. The minimum atomic E-state index is -1.35. The average Bonchev–Trinajstić information content (AvgIpc) is 3.09. The van der Waals surface area contributed by atoms with Gasteiger partial charge in [-0.2, -0.15) is 0 Å². The number of hydrogen-bond donors (Lipinski definition) is 2.